The summed E-state index contributed by atoms with van der Waals surface area (Å²) in [5.41, 5.74) is 1.14. The second kappa shape index (κ2) is 8.54. The van der Waals surface area contributed by atoms with Gasteiger partial charge in [-0.3, -0.25) is 10.1 Å². The van der Waals surface area contributed by atoms with E-state index in [9.17, 15) is 10.1 Å². The molecule has 0 radical (unpaired) electrons. The fourth-order valence-corrected chi connectivity index (χ4v) is 2.75. The number of benzene rings is 1. The van der Waals surface area contributed by atoms with Crippen LogP contribution in [0.4, 0.5) is 0 Å². The summed E-state index contributed by atoms with van der Waals surface area (Å²) in [5.74, 6) is 0.0912. The molecule has 7 nitrogen and oxygen atoms in total. The molecule has 1 heterocycles. The van der Waals surface area contributed by atoms with Gasteiger partial charge in [-0.2, -0.15) is 0 Å². The third-order valence-corrected chi connectivity index (χ3v) is 4.41. The molecular weight excluding hydrogens is 350 g/mol. The summed E-state index contributed by atoms with van der Waals surface area (Å²) < 4.78 is 22.3. The monoisotopic (exact) mass is 377 g/mol. The van der Waals surface area contributed by atoms with Gasteiger partial charge in [-0.15, -0.1) is 0 Å². The normalized spacial score (nSPS) is 18.6. The smallest absolute Gasteiger partial charge is 0.229 e. The lowest BCUT2D eigenvalue weighted by Gasteiger charge is -2.41. The number of nitro groups is 1. The van der Waals surface area contributed by atoms with Crippen LogP contribution in [0.15, 0.2) is 36.9 Å². The quantitative estimate of drug-likeness (QED) is 0.390. The number of ether oxygens (including phenoxy) is 4. The predicted octanol–water partition coefficient (Wildman–Crippen LogP) is 3.71. The first-order valence-electron chi connectivity index (χ1n) is 8.69. The molecule has 1 aromatic rings. The van der Waals surface area contributed by atoms with Crippen molar-refractivity contribution in [2.45, 2.75) is 26.1 Å². The molecule has 1 aliphatic rings. The number of hydrogen-bond donors (Lipinski definition) is 0. The van der Waals surface area contributed by atoms with Crippen molar-refractivity contribution in [1.29, 1.82) is 0 Å². The first-order valence-corrected chi connectivity index (χ1v) is 8.69. The van der Waals surface area contributed by atoms with E-state index in [1.807, 2.05) is 0 Å². The number of hydrogen-bond acceptors (Lipinski definition) is 6. The summed E-state index contributed by atoms with van der Waals surface area (Å²) in [6.45, 7) is 8.64. The molecule has 0 aliphatic carbocycles. The topological polar surface area (TPSA) is 80.1 Å². The molecule has 0 N–H and O–H groups in total. The van der Waals surface area contributed by atoms with Crippen LogP contribution in [0.3, 0.4) is 0 Å². The zero-order valence-corrected chi connectivity index (χ0v) is 16.3. The van der Waals surface area contributed by atoms with Crippen molar-refractivity contribution in [3.05, 3.63) is 52.6 Å². The molecule has 0 aromatic heterocycles. The zero-order chi connectivity index (χ0) is 20.1. The Morgan fingerprint density at radius 3 is 2.41 bits per heavy atom. The van der Waals surface area contributed by atoms with E-state index in [0.717, 1.165) is 0 Å². The van der Waals surface area contributed by atoms with Crippen LogP contribution in [-0.4, -0.2) is 44.7 Å². The van der Waals surface area contributed by atoms with Crippen LogP contribution in [0, 0.1) is 15.5 Å². The van der Waals surface area contributed by atoms with Crippen molar-refractivity contribution in [3.8, 4) is 11.5 Å². The van der Waals surface area contributed by atoms with Crippen molar-refractivity contribution < 1.29 is 23.9 Å². The van der Waals surface area contributed by atoms with E-state index in [0.29, 0.717) is 42.3 Å². The van der Waals surface area contributed by atoms with Gasteiger partial charge in [0, 0.05) is 22.3 Å². The highest BCUT2D eigenvalue weighted by Gasteiger charge is 2.37. The summed E-state index contributed by atoms with van der Waals surface area (Å²) in [7, 11) is 3.06. The second-order valence-corrected chi connectivity index (χ2v) is 7.25. The van der Waals surface area contributed by atoms with Crippen molar-refractivity contribution in [2.75, 3.05) is 34.0 Å². The average Bonchev–Trinajstić information content (AvgIpc) is 2.65. The maximum Gasteiger partial charge on any atom is 0.229 e. The Balaban J connectivity index is 2.30. The summed E-state index contributed by atoms with van der Waals surface area (Å²) in [6, 6.07) is 5.21. The summed E-state index contributed by atoms with van der Waals surface area (Å²) in [5, 5.41) is 11.2. The lowest BCUT2D eigenvalue weighted by molar-refractivity contribution is -0.465. The SMILES string of the molecule is C=CC1(C/C=C(/C[N+](=O)[O-])c2ccc(OC)c(OC)c2)OCC(C)(C)CO1. The molecule has 0 unspecified atom stereocenters. The predicted molar refractivity (Wildman–Crippen MR) is 103 cm³/mol. The minimum atomic E-state index is -0.978. The average molecular weight is 377 g/mol. The van der Waals surface area contributed by atoms with Gasteiger partial charge in [-0.1, -0.05) is 32.6 Å². The highest BCUT2D eigenvalue weighted by molar-refractivity contribution is 5.69. The van der Waals surface area contributed by atoms with Crippen LogP contribution in [0.5, 0.6) is 11.5 Å². The van der Waals surface area contributed by atoms with E-state index in [1.165, 1.54) is 7.11 Å². The Kier molecular flexibility index (Phi) is 6.62. The third kappa shape index (κ3) is 5.30. The van der Waals surface area contributed by atoms with Crippen molar-refractivity contribution >= 4 is 5.57 Å². The Morgan fingerprint density at radius 1 is 1.26 bits per heavy atom. The molecule has 1 saturated heterocycles. The van der Waals surface area contributed by atoms with Gasteiger partial charge in [0.2, 0.25) is 6.54 Å². The fourth-order valence-electron chi connectivity index (χ4n) is 2.75. The maximum absolute atomic E-state index is 11.2. The van der Waals surface area contributed by atoms with E-state index in [-0.39, 0.29) is 16.9 Å². The minimum absolute atomic E-state index is 0.0801. The highest BCUT2D eigenvalue weighted by atomic mass is 16.7. The minimum Gasteiger partial charge on any atom is -0.493 e. The zero-order valence-electron chi connectivity index (χ0n) is 16.3. The molecule has 0 amide bonds. The molecule has 0 bridgehead atoms. The molecule has 0 spiro atoms. The Morgan fingerprint density at radius 2 is 1.89 bits per heavy atom. The van der Waals surface area contributed by atoms with Gasteiger partial charge in [-0.05, 0) is 23.8 Å². The molecule has 7 heteroatoms. The number of nitrogens with zero attached hydrogens (tertiary/aromatic N) is 1. The van der Waals surface area contributed by atoms with Gasteiger partial charge in [0.25, 0.3) is 0 Å². The van der Waals surface area contributed by atoms with Gasteiger partial charge in [-0.25, -0.2) is 0 Å². The van der Waals surface area contributed by atoms with Gasteiger partial charge >= 0.3 is 0 Å². The van der Waals surface area contributed by atoms with E-state index < -0.39 is 5.79 Å². The lowest BCUT2D eigenvalue weighted by atomic mass is 9.94. The van der Waals surface area contributed by atoms with E-state index in [4.69, 9.17) is 18.9 Å². The Labute approximate surface area is 159 Å². The molecule has 148 valence electrons. The van der Waals surface area contributed by atoms with Gasteiger partial charge in [0.15, 0.2) is 17.3 Å². The maximum atomic E-state index is 11.2. The number of methoxy groups -OCH3 is 2. The fraction of sp³-hybridized carbons (Fsp3) is 0.500. The highest BCUT2D eigenvalue weighted by Crippen LogP contribution is 2.35. The first-order chi connectivity index (χ1) is 12.7. The van der Waals surface area contributed by atoms with Crippen LogP contribution in [0.1, 0.15) is 25.8 Å². The molecule has 1 aromatic carbocycles. The van der Waals surface area contributed by atoms with Crippen molar-refractivity contribution in [2.24, 2.45) is 5.41 Å². The first kappa shape index (κ1) is 20.9. The molecule has 0 atom stereocenters. The lowest BCUT2D eigenvalue weighted by Crippen LogP contribution is -2.46. The van der Waals surface area contributed by atoms with Crippen LogP contribution < -0.4 is 9.47 Å². The van der Waals surface area contributed by atoms with Crippen LogP contribution in [0.25, 0.3) is 5.57 Å². The van der Waals surface area contributed by atoms with Crippen molar-refractivity contribution in [3.63, 3.8) is 0 Å². The molecule has 27 heavy (non-hydrogen) atoms. The largest absolute Gasteiger partial charge is 0.493 e. The molecular formula is C20H27NO6. The molecule has 1 aliphatic heterocycles. The van der Waals surface area contributed by atoms with Crippen LogP contribution in [-0.2, 0) is 9.47 Å². The second-order valence-electron chi connectivity index (χ2n) is 7.25. The summed E-state index contributed by atoms with van der Waals surface area (Å²) >= 11 is 0. The number of rotatable bonds is 8. The van der Waals surface area contributed by atoms with E-state index >= 15 is 0 Å². The molecule has 1 fully saturated rings. The Hall–Kier alpha value is -2.38. The molecule has 2 rings (SSSR count). The summed E-state index contributed by atoms with van der Waals surface area (Å²) in [4.78, 5) is 10.8. The van der Waals surface area contributed by atoms with Gasteiger partial charge in [0.1, 0.15) is 0 Å². The van der Waals surface area contributed by atoms with Crippen LogP contribution >= 0.6 is 0 Å². The van der Waals surface area contributed by atoms with E-state index in [2.05, 4.69) is 20.4 Å². The van der Waals surface area contributed by atoms with Crippen molar-refractivity contribution in [1.82, 2.24) is 0 Å². The molecule has 0 saturated carbocycles. The Bertz CT molecular complexity index is 715. The summed E-state index contributed by atoms with van der Waals surface area (Å²) in [6.07, 6.45) is 3.70. The van der Waals surface area contributed by atoms with Gasteiger partial charge < -0.3 is 18.9 Å². The third-order valence-electron chi connectivity index (χ3n) is 4.41. The van der Waals surface area contributed by atoms with Gasteiger partial charge in [0.05, 0.1) is 27.4 Å². The standard InChI is InChI=1S/C20H27NO6/c1-6-20(26-13-19(2,3)14-27-20)10-9-16(12-21(22)23)15-7-8-17(24-4)18(11-15)25-5/h6-9,11H,1,10,12-14H2,2-5H3/b16-9-. The van der Waals surface area contributed by atoms with Crippen LogP contribution in [0.2, 0.25) is 0 Å². The van der Waals surface area contributed by atoms with E-state index in [1.54, 1.807) is 37.5 Å².